The smallest absolute Gasteiger partial charge is 0.248 e. The zero-order valence-electron chi connectivity index (χ0n) is 15.0. The maximum absolute atomic E-state index is 13.2. The number of carbonyl (C=O) groups is 1. The molecular weight excluding hydrogens is 316 g/mol. The van der Waals surface area contributed by atoms with Crippen molar-refractivity contribution in [3.8, 4) is 0 Å². The molecule has 4 rings (SSSR count). The number of ether oxygens (including phenoxy) is 1. The molecule has 1 spiro atoms. The first-order valence-electron chi connectivity index (χ1n) is 9.82. The largest absolute Gasteiger partial charge is 0.381 e. The van der Waals surface area contributed by atoms with Crippen LogP contribution in [0.1, 0.15) is 51.4 Å². The normalized spacial score (nSPS) is 26.4. The Morgan fingerprint density at radius 3 is 2.48 bits per heavy atom. The summed E-state index contributed by atoms with van der Waals surface area (Å²) >= 11 is 0. The van der Waals surface area contributed by atoms with E-state index in [2.05, 4.69) is 15.7 Å². The van der Waals surface area contributed by atoms with Gasteiger partial charge in [-0.25, -0.2) is 0 Å². The van der Waals surface area contributed by atoms with E-state index in [1.807, 2.05) is 16.9 Å². The van der Waals surface area contributed by atoms with Gasteiger partial charge in [0.2, 0.25) is 5.91 Å². The molecule has 25 heavy (non-hydrogen) atoms. The Balaban J connectivity index is 1.41. The number of rotatable bonds is 3. The summed E-state index contributed by atoms with van der Waals surface area (Å²) < 4.78 is 7.42. The molecule has 6 heteroatoms. The van der Waals surface area contributed by atoms with Gasteiger partial charge in [-0.1, -0.05) is 0 Å². The molecule has 1 amide bonds. The lowest BCUT2D eigenvalue weighted by atomic mass is 9.68. The van der Waals surface area contributed by atoms with E-state index in [9.17, 15) is 4.79 Å². The van der Waals surface area contributed by atoms with E-state index >= 15 is 0 Å². The topological polar surface area (TPSA) is 68.2 Å². The van der Waals surface area contributed by atoms with Crippen molar-refractivity contribution in [3.05, 3.63) is 18.5 Å². The molecule has 2 aliphatic heterocycles. The maximum Gasteiger partial charge on any atom is 0.248 e. The number of nitrogens with zero attached hydrogens (tertiary/aromatic N) is 2. The first kappa shape index (κ1) is 17.0. The van der Waals surface area contributed by atoms with Crippen LogP contribution in [0.2, 0.25) is 0 Å². The third-order valence-corrected chi connectivity index (χ3v) is 6.73. The summed E-state index contributed by atoms with van der Waals surface area (Å²) in [7, 11) is 0. The van der Waals surface area contributed by atoms with E-state index in [1.54, 1.807) is 6.20 Å². The zero-order chi connectivity index (χ0) is 17.2. The highest BCUT2D eigenvalue weighted by atomic mass is 16.5. The second-order valence-electron chi connectivity index (χ2n) is 8.09. The van der Waals surface area contributed by atoms with Gasteiger partial charge in [0.05, 0.1) is 0 Å². The van der Waals surface area contributed by atoms with E-state index in [0.29, 0.717) is 11.5 Å². The number of amides is 1. The summed E-state index contributed by atoms with van der Waals surface area (Å²) in [6.45, 7) is 3.54. The molecule has 1 saturated carbocycles. The van der Waals surface area contributed by atoms with Crippen molar-refractivity contribution in [1.82, 2.24) is 20.4 Å². The van der Waals surface area contributed by atoms with E-state index in [1.165, 1.54) is 25.7 Å². The predicted molar refractivity (Wildman–Crippen MR) is 95.2 cm³/mol. The molecule has 3 heterocycles. The summed E-state index contributed by atoms with van der Waals surface area (Å²) in [4.78, 5) is 13.2. The van der Waals surface area contributed by atoms with Crippen LogP contribution < -0.4 is 10.6 Å². The number of nitrogens with one attached hydrogen (secondary N) is 2. The minimum Gasteiger partial charge on any atom is -0.381 e. The third-order valence-electron chi connectivity index (χ3n) is 6.73. The number of hydrogen-bond acceptors (Lipinski definition) is 4. The highest BCUT2D eigenvalue weighted by Gasteiger charge is 2.44. The fraction of sp³-hybridized carbons (Fsp3) is 0.789. The second-order valence-corrected chi connectivity index (χ2v) is 8.09. The molecule has 6 nitrogen and oxygen atoms in total. The molecule has 1 aromatic rings. The zero-order valence-corrected chi connectivity index (χ0v) is 15.0. The number of hydrogen-bond donors (Lipinski definition) is 2. The monoisotopic (exact) mass is 346 g/mol. The van der Waals surface area contributed by atoms with Gasteiger partial charge in [0.25, 0.3) is 0 Å². The SMILES string of the molecule is O=C(NC1CCC2(CCOCC2)CC1)C1(n2cccn2)CCNCC1. The van der Waals surface area contributed by atoms with E-state index in [0.717, 1.165) is 52.0 Å². The Hall–Kier alpha value is -1.40. The van der Waals surface area contributed by atoms with Crippen molar-refractivity contribution >= 4 is 5.91 Å². The molecule has 1 aliphatic carbocycles. The van der Waals surface area contributed by atoms with Crippen LogP contribution in [0.15, 0.2) is 18.5 Å². The minimum atomic E-state index is -0.525. The molecule has 0 unspecified atom stereocenters. The third kappa shape index (κ3) is 3.34. The average Bonchev–Trinajstić information content (AvgIpc) is 3.20. The van der Waals surface area contributed by atoms with E-state index in [4.69, 9.17) is 4.74 Å². The molecule has 0 bridgehead atoms. The van der Waals surface area contributed by atoms with Gasteiger partial charge in [-0.15, -0.1) is 0 Å². The Morgan fingerprint density at radius 1 is 1.12 bits per heavy atom. The van der Waals surface area contributed by atoms with Crippen LogP contribution in [0.4, 0.5) is 0 Å². The van der Waals surface area contributed by atoms with Gasteiger partial charge < -0.3 is 15.4 Å². The lowest BCUT2D eigenvalue weighted by molar-refractivity contribution is -0.133. The Bertz CT molecular complexity index is 564. The molecule has 0 atom stereocenters. The van der Waals surface area contributed by atoms with Crippen molar-refractivity contribution in [2.24, 2.45) is 5.41 Å². The highest BCUT2D eigenvalue weighted by Crippen LogP contribution is 2.44. The quantitative estimate of drug-likeness (QED) is 0.876. The van der Waals surface area contributed by atoms with Crippen LogP contribution in [0, 0.1) is 5.41 Å². The molecule has 1 aromatic heterocycles. The molecular formula is C19H30N4O2. The van der Waals surface area contributed by atoms with Crippen LogP contribution in [0.25, 0.3) is 0 Å². The summed E-state index contributed by atoms with van der Waals surface area (Å²) in [6, 6.07) is 2.22. The Kier molecular flexibility index (Phi) is 4.82. The molecule has 3 aliphatic rings. The number of piperidine rings is 1. The molecule has 0 radical (unpaired) electrons. The van der Waals surface area contributed by atoms with Crippen LogP contribution in [-0.2, 0) is 15.1 Å². The van der Waals surface area contributed by atoms with Gasteiger partial charge in [-0.2, -0.15) is 5.10 Å². The maximum atomic E-state index is 13.2. The molecule has 2 saturated heterocycles. The van der Waals surface area contributed by atoms with Crippen molar-refractivity contribution in [2.75, 3.05) is 26.3 Å². The van der Waals surface area contributed by atoms with Gasteiger partial charge in [-0.3, -0.25) is 9.48 Å². The molecule has 138 valence electrons. The summed E-state index contributed by atoms with van der Waals surface area (Å²) in [5.74, 6) is 0.158. The van der Waals surface area contributed by atoms with Gasteiger partial charge in [-0.05, 0) is 75.9 Å². The summed E-state index contributed by atoms with van der Waals surface area (Å²) in [6.07, 6.45) is 12.3. The van der Waals surface area contributed by atoms with Crippen molar-refractivity contribution in [1.29, 1.82) is 0 Å². The predicted octanol–water partition coefficient (Wildman–Crippen LogP) is 1.82. The van der Waals surface area contributed by atoms with Crippen LogP contribution in [0.3, 0.4) is 0 Å². The minimum absolute atomic E-state index is 0.158. The van der Waals surface area contributed by atoms with Gasteiger partial charge in [0.15, 0.2) is 0 Å². The van der Waals surface area contributed by atoms with Crippen molar-refractivity contribution in [3.63, 3.8) is 0 Å². The van der Waals surface area contributed by atoms with Gasteiger partial charge in [0, 0.05) is 31.6 Å². The van der Waals surface area contributed by atoms with E-state index in [-0.39, 0.29) is 5.91 Å². The summed E-state index contributed by atoms with van der Waals surface area (Å²) in [5, 5.41) is 11.2. The number of aromatic nitrogens is 2. The fourth-order valence-electron chi connectivity index (χ4n) is 4.92. The van der Waals surface area contributed by atoms with Crippen LogP contribution in [0.5, 0.6) is 0 Å². The first-order valence-corrected chi connectivity index (χ1v) is 9.82. The first-order chi connectivity index (χ1) is 12.2. The standard InChI is InChI=1S/C19H30N4O2/c24-17(19(6-11-20-12-7-19)23-13-1-10-21-23)22-16-2-4-18(5-3-16)8-14-25-15-9-18/h1,10,13,16,20H,2-9,11-12,14-15H2,(H,22,24). The second kappa shape index (κ2) is 7.08. The highest BCUT2D eigenvalue weighted by molar-refractivity contribution is 5.84. The van der Waals surface area contributed by atoms with E-state index < -0.39 is 5.54 Å². The Labute approximate surface area is 149 Å². The Morgan fingerprint density at radius 2 is 1.84 bits per heavy atom. The summed E-state index contributed by atoms with van der Waals surface area (Å²) in [5.41, 5.74) is -0.0452. The lowest BCUT2D eigenvalue weighted by Crippen LogP contribution is -2.57. The lowest BCUT2D eigenvalue weighted by Gasteiger charge is -2.44. The fourth-order valence-corrected chi connectivity index (χ4v) is 4.92. The van der Waals surface area contributed by atoms with Gasteiger partial charge in [0.1, 0.15) is 5.54 Å². The molecule has 2 N–H and O–H groups in total. The average molecular weight is 346 g/mol. The van der Waals surface area contributed by atoms with Crippen molar-refractivity contribution in [2.45, 2.75) is 62.9 Å². The molecule has 0 aromatic carbocycles. The molecule has 3 fully saturated rings. The number of carbonyl (C=O) groups excluding carboxylic acids is 1. The van der Waals surface area contributed by atoms with Crippen LogP contribution in [-0.4, -0.2) is 48.0 Å². The van der Waals surface area contributed by atoms with Crippen molar-refractivity contribution < 1.29 is 9.53 Å². The van der Waals surface area contributed by atoms with Crippen LogP contribution >= 0.6 is 0 Å². The van der Waals surface area contributed by atoms with Gasteiger partial charge >= 0.3 is 0 Å².